The van der Waals surface area contributed by atoms with Gasteiger partial charge in [-0.05, 0) is 25.1 Å². The molecule has 8 heteroatoms. The van der Waals surface area contributed by atoms with Gasteiger partial charge in [-0.15, -0.1) is 0 Å². The van der Waals surface area contributed by atoms with Gasteiger partial charge in [0.2, 0.25) is 5.91 Å². The van der Waals surface area contributed by atoms with E-state index < -0.39 is 23.2 Å². The Labute approximate surface area is 133 Å². The molecule has 2 rings (SSSR count). The van der Waals surface area contributed by atoms with E-state index >= 15 is 0 Å². The van der Waals surface area contributed by atoms with Gasteiger partial charge in [0.15, 0.2) is 5.84 Å². The predicted octanol–water partition coefficient (Wildman–Crippen LogP) is -0.0144. The largest absolute Gasteiger partial charge is 0.383 e. The van der Waals surface area contributed by atoms with Crippen molar-refractivity contribution >= 4 is 17.6 Å². The van der Waals surface area contributed by atoms with E-state index in [1.807, 2.05) is 0 Å². The standard InChI is InChI=1S/C15H19FN4O3/c1-15(10-7-9(13(18)21)3-4-11(10)16)8-20(5-6-23-2)14(22)12(17)19-15/h3-4,7H,5-6,8H2,1-2H3,(H2,17,19)(H2,18,21). The number of primary amides is 1. The van der Waals surface area contributed by atoms with Crippen LogP contribution in [0, 0.1) is 5.82 Å². The first kappa shape index (κ1) is 16.9. The van der Waals surface area contributed by atoms with Gasteiger partial charge in [-0.3, -0.25) is 14.6 Å². The summed E-state index contributed by atoms with van der Waals surface area (Å²) in [6.07, 6.45) is 0. The number of benzene rings is 1. The Morgan fingerprint density at radius 2 is 2.22 bits per heavy atom. The number of hydrogen-bond acceptors (Lipinski definition) is 5. The molecule has 1 aromatic rings. The van der Waals surface area contributed by atoms with E-state index in [1.54, 1.807) is 6.92 Å². The number of carbonyl (C=O) groups excluding carboxylic acids is 2. The third-order valence-corrected chi connectivity index (χ3v) is 3.77. The lowest BCUT2D eigenvalue weighted by molar-refractivity contribution is -0.126. The molecule has 0 aromatic heterocycles. The number of nitrogens with two attached hydrogens (primary N) is 2. The summed E-state index contributed by atoms with van der Waals surface area (Å²) in [5, 5.41) is 0. The third kappa shape index (κ3) is 3.31. The van der Waals surface area contributed by atoms with E-state index in [0.29, 0.717) is 13.2 Å². The van der Waals surface area contributed by atoms with Gasteiger partial charge in [-0.25, -0.2) is 4.39 Å². The van der Waals surface area contributed by atoms with Gasteiger partial charge < -0.3 is 21.1 Å². The van der Waals surface area contributed by atoms with Crippen molar-refractivity contribution in [3.63, 3.8) is 0 Å². The number of carbonyl (C=O) groups is 2. The molecular weight excluding hydrogens is 303 g/mol. The van der Waals surface area contributed by atoms with Crippen LogP contribution in [0.5, 0.6) is 0 Å². The summed E-state index contributed by atoms with van der Waals surface area (Å²) >= 11 is 0. The molecular formula is C15H19FN4O3. The van der Waals surface area contributed by atoms with Crippen molar-refractivity contribution in [2.75, 3.05) is 26.8 Å². The van der Waals surface area contributed by atoms with Crippen molar-refractivity contribution in [1.29, 1.82) is 0 Å². The second kappa shape index (κ2) is 6.33. The molecule has 0 aliphatic carbocycles. The lowest BCUT2D eigenvalue weighted by atomic mass is 9.88. The first-order valence-corrected chi connectivity index (χ1v) is 7.02. The van der Waals surface area contributed by atoms with Crippen LogP contribution in [-0.2, 0) is 15.1 Å². The molecule has 0 spiro atoms. The van der Waals surface area contributed by atoms with Gasteiger partial charge >= 0.3 is 0 Å². The van der Waals surface area contributed by atoms with E-state index in [0.717, 1.165) is 6.07 Å². The number of rotatable bonds is 5. The van der Waals surface area contributed by atoms with E-state index in [4.69, 9.17) is 16.2 Å². The SMILES string of the molecule is COCCN1CC(C)(c2cc(C(N)=O)ccc2F)N=C(N)C1=O. The van der Waals surface area contributed by atoms with Crippen molar-refractivity contribution in [3.8, 4) is 0 Å². The topological polar surface area (TPSA) is 111 Å². The lowest BCUT2D eigenvalue weighted by Crippen LogP contribution is -2.53. The van der Waals surface area contributed by atoms with Crippen LogP contribution in [0.15, 0.2) is 23.2 Å². The monoisotopic (exact) mass is 322 g/mol. The molecule has 0 bridgehead atoms. The van der Waals surface area contributed by atoms with Crippen LogP contribution < -0.4 is 11.5 Å². The minimum atomic E-state index is -1.11. The maximum atomic E-state index is 14.3. The van der Waals surface area contributed by atoms with Gasteiger partial charge in [-0.2, -0.15) is 0 Å². The van der Waals surface area contributed by atoms with E-state index in [1.165, 1.54) is 24.1 Å². The Morgan fingerprint density at radius 1 is 1.52 bits per heavy atom. The molecule has 0 fully saturated rings. The molecule has 0 saturated heterocycles. The van der Waals surface area contributed by atoms with Gasteiger partial charge in [0.25, 0.3) is 5.91 Å². The van der Waals surface area contributed by atoms with Gasteiger partial charge in [0.1, 0.15) is 11.4 Å². The zero-order chi connectivity index (χ0) is 17.2. The summed E-state index contributed by atoms with van der Waals surface area (Å²) in [5.74, 6) is -1.85. The third-order valence-electron chi connectivity index (χ3n) is 3.77. The Bertz CT molecular complexity index is 677. The highest BCUT2D eigenvalue weighted by Gasteiger charge is 2.39. The average molecular weight is 322 g/mol. The number of methoxy groups -OCH3 is 1. The maximum Gasteiger partial charge on any atom is 0.288 e. The Hall–Kier alpha value is -2.48. The molecule has 1 atom stereocenters. The first-order valence-electron chi connectivity index (χ1n) is 7.02. The molecule has 1 aliphatic rings. The smallest absolute Gasteiger partial charge is 0.288 e. The number of amides is 2. The van der Waals surface area contributed by atoms with Gasteiger partial charge in [0.05, 0.1) is 13.2 Å². The molecule has 0 saturated carbocycles. The van der Waals surface area contributed by atoms with Crippen LogP contribution in [-0.4, -0.2) is 49.4 Å². The Balaban J connectivity index is 2.46. The molecule has 1 aromatic carbocycles. The summed E-state index contributed by atoms with van der Waals surface area (Å²) in [5.41, 5.74) is 10.2. The molecule has 0 radical (unpaired) electrons. The molecule has 4 N–H and O–H groups in total. The van der Waals surface area contributed by atoms with Gasteiger partial charge in [0, 0.05) is 24.8 Å². The zero-order valence-electron chi connectivity index (χ0n) is 13.0. The van der Waals surface area contributed by atoms with Crippen LogP contribution >= 0.6 is 0 Å². The molecule has 2 amide bonds. The van der Waals surface area contributed by atoms with E-state index in [-0.39, 0.29) is 23.5 Å². The van der Waals surface area contributed by atoms with Crippen molar-refractivity contribution in [2.24, 2.45) is 16.5 Å². The number of halogens is 1. The van der Waals surface area contributed by atoms with Crippen LogP contribution in [0.3, 0.4) is 0 Å². The highest BCUT2D eigenvalue weighted by Crippen LogP contribution is 2.32. The lowest BCUT2D eigenvalue weighted by Gasteiger charge is -2.37. The quantitative estimate of drug-likeness (QED) is 0.794. The van der Waals surface area contributed by atoms with Crippen molar-refractivity contribution in [1.82, 2.24) is 4.90 Å². The highest BCUT2D eigenvalue weighted by atomic mass is 19.1. The molecule has 124 valence electrons. The number of ether oxygens (including phenoxy) is 1. The Morgan fingerprint density at radius 3 is 2.83 bits per heavy atom. The molecule has 1 heterocycles. The summed E-state index contributed by atoms with van der Waals surface area (Å²) in [6.45, 7) is 2.39. The number of aliphatic imine (C=N–C) groups is 1. The van der Waals surface area contributed by atoms with Crippen LogP contribution in [0.4, 0.5) is 4.39 Å². The van der Waals surface area contributed by atoms with E-state index in [2.05, 4.69) is 4.99 Å². The van der Waals surface area contributed by atoms with Crippen molar-refractivity contribution in [3.05, 3.63) is 35.1 Å². The normalized spacial score (nSPS) is 21.3. The van der Waals surface area contributed by atoms with Crippen LogP contribution in [0.2, 0.25) is 0 Å². The van der Waals surface area contributed by atoms with Crippen LogP contribution in [0.1, 0.15) is 22.8 Å². The fourth-order valence-corrected chi connectivity index (χ4v) is 2.57. The minimum absolute atomic E-state index is 0.120. The van der Waals surface area contributed by atoms with Crippen LogP contribution in [0.25, 0.3) is 0 Å². The number of nitrogens with zero attached hydrogens (tertiary/aromatic N) is 2. The van der Waals surface area contributed by atoms with E-state index in [9.17, 15) is 14.0 Å². The minimum Gasteiger partial charge on any atom is -0.383 e. The summed E-state index contributed by atoms with van der Waals surface area (Å²) in [6, 6.07) is 3.80. The maximum absolute atomic E-state index is 14.3. The molecule has 7 nitrogen and oxygen atoms in total. The van der Waals surface area contributed by atoms with Crippen molar-refractivity contribution < 1.29 is 18.7 Å². The second-order valence-electron chi connectivity index (χ2n) is 5.55. The zero-order valence-corrected chi connectivity index (χ0v) is 13.0. The van der Waals surface area contributed by atoms with Gasteiger partial charge in [-0.1, -0.05) is 0 Å². The summed E-state index contributed by atoms with van der Waals surface area (Å²) < 4.78 is 19.2. The number of amidine groups is 1. The summed E-state index contributed by atoms with van der Waals surface area (Å²) in [7, 11) is 1.51. The van der Waals surface area contributed by atoms with Crippen molar-refractivity contribution in [2.45, 2.75) is 12.5 Å². The summed E-state index contributed by atoms with van der Waals surface area (Å²) in [4.78, 5) is 29.0. The second-order valence-corrected chi connectivity index (χ2v) is 5.55. The predicted molar refractivity (Wildman–Crippen MR) is 82.3 cm³/mol. The Kier molecular flexibility index (Phi) is 4.65. The highest BCUT2D eigenvalue weighted by molar-refractivity contribution is 6.37. The molecule has 23 heavy (non-hydrogen) atoms. The average Bonchev–Trinajstić information content (AvgIpc) is 2.49. The fourth-order valence-electron chi connectivity index (χ4n) is 2.57. The number of hydrogen-bond donors (Lipinski definition) is 2. The molecule has 1 unspecified atom stereocenters. The first-order chi connectivity index (χ1) is 10.8. The molecule has 1 aliphatic heterocycles. The fraction of sp³-hybridized carbons (Fsp3) is 0.400.